The van der Waals surface area contributed by atoms with Crippen molar-refractivity contribution < 1.29 is 22.9 Å². The van der Waals surface area contributed by atoms with E-state index in [0.29, 0.717) is 50.1 Å². The Morgan fingerprint density at radius 3 is 2.76 bits per heavy atom. The fourth-order valence-electron chi connectivity index (χ4n) is 3.52. The molecule has 1 aliphatic rings. The number of aryl methyl sites for hydroxylation is 3. The number of amides is 2. The lowest BCUT2D eigenvalue weighted by molar-refractivity contribution is -0.131. The zero-order chi connectivity index (χ0) is 21.0. The van der Waals surface area contributed by atoms with Crippen molar-refractivity contribution in [3.8, 4) is 0 Å². The molecule has 1 fully saturated rings. The standard InChI is InChI=1S/C21H25F2N3O3/c1-13-17(14(2)29-25-13)12-26-10-9-16(5-8-21(26)28)24-20(27)7-4-15-3-6-18(22)19(23)11-15/h3,6,11,16H,4-5,7-10,12H2,1-2H3,(H,24,27). The molecule has 1 saturated heterocycles. The van der Waals surface area contributed by atoms with Crippen molar-refractivity contribution in [1.82, 2.24) is 15.4 Å². The number of carbonyl (C=O) groups excluding carboxylic acids is 2. The summed E-state index contributed by atoms with van der Waals surface area (Å²) in [6.07, 6.45) is 2.10. The van der Waals surface area contributed by atoms with Gasteiger partial charge in [-0.05, 0) is 50.8 Å². The molecule has 2 heterocycles. The van der Waals surface area contributed by atoms with Crippen LogP contribution in [-0.4, -0.2) is 34.5 Å². The molecular formula is C21H25F2N3O3. The monoisotopic (exact) mass is 405 g/mol. The lowest BCUT2D eigenvalue weighted by Gasteiger charge is -2.21. The summed E-state index contributed by atoms with van der Waals surface area (Å²) in [4.78, 5) is 26.5. The molecule has 6 nitrogen and oxygen atoms in total. The van der Waals surface area contributed by atoms with Crippen molar-refractivity contribution in [3.63, 3.8) is 0 Å². The van der Waals surface area contributed by atoms with Crippen molar-refractivity contribution in [2.24, 2.45) is 0 Å². The average molecular weight is 405 g/mol. The van der Waals surface area contributed by atoms with Gasteiger partial charge in [-0.15, -0.1) is 0 Å². The Morgan fingerprint density at radius 1 is 1.28 bits per heavy atom. The Labute approximate surface area is 168 Å². The molecule has 0 spiro atoms. The highest BCUT2D eigenvalue weighted by Gasteiger charge is 2.25. The van der Waals surface area contributed by atoms with Crippen LogP contribution >= 0.6 is 0 Å². The van der Waals surface area contributed by atoms with Gasteiger partial charge >= 0.3 is 0 Å². The third kappa shape index (κ3) is 5.40. The van der Waals surface area contributed by atoms with Gasteiger partial charge in [-0.2, -0.15) is 0 Å². The van der Waals surface area contributed by atoms with E-state index in [4.69, 9.17) is 4.52 Å². The van der Waals surface area contributed by atoms with Gasteiger partial charge in [-0.3, -0.25) is 9.59 Å². The summed E-state index contributed by atoms with van der Waals surface area (Å²) in [6.45, 7) is 4.67. The lowest BCUT2D eigenvalue weighted by atomic mass is 10.1. The van der Waals surface area contributed by atoms with Crippen LogP contribution < -0.4 is 5.32 Å². The highest BCUT2D eigenvalue weighted by atomic mass is 19.2. The smallest absolute Gasteiger partial charge is 0.222 e. The third-order valence-corrected chi connectivity index (χ3v) is 5.33. The molecular weight excluding hydrogens is 380 g/mol. The van der Waals surface area contributed by atoms with E-state index in [9.17, 15) is 18.4 Å². The molecule has 0 bridgehead atoms. The van der Waals surface area contributed by atoms with E-state index in [1.807, 2.05) is 13.8 Å². The first-order valence-electron chi connectivity index (χ1n) is 9.76. The first-order valence-corrected chi connectivity index (χ1v) is 9.76. The van der Waals surface area contributed by atoms with Gasteiger partial charge < -0.3 is 14.7 Å². The Hall–Kier alpha value is -2.77. The largest absolute Gasteiger partial charge is 0.361 e. The van der Waals surface area contributed by atoms with Crippen LogP contribution in [0.3, 0.4) is 0 Å². The van der Waals surface area contributed by atoms with Crippen molar-refractivity contribution in [2.45, 2.75) is 58.5 Å². The van der Waals surface area contributed by atoms with Crippen LogP contribution in [0.5, 0.6) is 0 Å². The number of nitrogens with one attached hydrogen (secondary N) is 1. The maximum absolute atomic E-state index is 13.3. The summed E-state index contributed by atoms with van der Waals surface area (Å²) < 4.78 is 31.4. The van der Waals surface area contributed by atoms with Gasteiger partial charge in [0, 0.05) is 31.0 Å². The molecule has 1 aromatic heterocycles. The summed E-state index contributed by atoms with van der Waals surface area (Å²) >= 11 is 0. The minimum atomic E-state index is -0.913. The van der Waals surface area contributed by atoms with Gasteiger partial charge in [0.2, 0.25) is 11.8 Å². The highest BCUT2D eigenvalue weighted by molar-refractivity contribution is 5.78. The summed E-state index contributed by atoms with van der Waals surface area (Å²) in [5, 5.41) is 6.89. The molecule has 2 amide bonds. The SMILES string of the molecule is Cc1noc(C)c1CN1CCC(NC(=O)CCc2ccc(F)c(F)c2)CCC1=O. The van der Waals surface area contributed by atoms with Crippen molar-refractivity contribution >= 4 is 11.8 Å². The number of halogens is 2. The maximum Gasteiger partial charge on any atom is 0.222 e. The van der Waals surface area contributed by atoms with Crippen LogP contribution in [0.1, 0.15) is 48.3 Å². The fraction of sp³-hybridized carbons (Fsp3) is 0.476. The Morgan fingerprint density at radius 2 is 2.07 bits per heavy atom. The normalized spacial score (nSPS) is 17.3. The molecule has 1 atom stereocenters. The van der Waals surface area contributed by atoms with Gasteiger partial charge in [0.05, 0.1) is 12.2 Å². The number of likely N-dealkylation sites (tertiary alicyclic amines) is 1. The van der Waals surface area contributed by atoms with Gasteiger partial charge in [0.15, 0.2) is 11.6 Å². The van der Waals surface area contributed by atoms with E-state index in [2.05, 4.69) is 10.5 Å². The molecule has 1 unspecified atom stereocenters. The number of nitrogens with zero attached hydrogens (tertiary/aromatic N) is 2. The maximum atomic E-state index is 13.3. The number of hydrogen-bond donors (Lipinski definition) is 1. The number of carbonyl (C=O) groups is 2. The minimum absolute atomic E-state index is 0.0449. The Kier molecular flexibility index (Phi) is 6.61. The predicted molar refractivity (Wildman–Crippen MR) is 102 cm³/mol. The van der Waals surface area contributed by atoms with Crippen LogP contribution in [-0.2, 0) is 22.6 Å². The molecule has 1 aromatic carbocycles. The summed E-state index contributed by atoms with van der Waals surface area (Å²) in [5.74, 6) is -1.22. The molecule has 156 valence electrons. The van der Waals surface area contributed by atoms with E-state index in [1.165, 1.54) is 6.07 Å². The second-order valence-electron chi connectivity index (χ2n) is 7.46. The number of aromatic nitrogens is 1. The van der Waals surface area contributed by atoms with Gasteiger partial charge in [0.25, 0.3) is 0 Å². The zero-order valence-corrected chi connectivity index (χ0v) is 16.6. The van der Waals surface area contributed by atoms with Gasteiger partial charge in [0.1, 0.15) is 5.76 Å². The second kappa shape index (κ2) is 9.15. The number of rotatable bonds is 6. The molecule has 0 saturated carbocycles. The number of hydrogen-bond acceptors (Lipinski definition) is 4. The summed E-state index contributed by atoms with van der Waals surface area (Å²) in [6, 6.07) is 3.56. The Bertz CT molecular complexity index is 878. The van der Waals surface area contributed by atoms with Gasteiger partial charge in [-0.1, -0.05) is 11.2 Å². The van der Waals surface area contributed by atoms with E-state index >= 15 is 0 Å². The molecule has 1 aliphatic heterocycles. The van der Waals surface area contributed by atoms with Crippen LogP contribution in [0.2, 0.25) is 0 Å². The molecule has 0 radical (unpaired) electrons. The van der Waals surface area contributed by atoms with Crippen molar-refractivity contribution in [1.29, 1.82) is 0 Å². The summed E-state index contributed by atoms with van der Waals surface area (Å²) in [7, 11) is 0. The zero-order valence-electron chi connectivity index (χ0n) is 16.6. The Balaban J connectivity index is 1.50. The highest BCUT2D eigenvalue weighted by Crippen LogP contribution is 2.19. The topological polar surface area (TPSA) is 75.4 Å². The first kappa shape index (κ1) is 21.0. The van der Waals surface area contributed by atoms with Crippen LogP contribution in [0, 0.1) is 25.5 Å². The van der Waals surface area contributed by atoms with Crippen molar-refractivity contribution in [2.75, 3.05) is 6.54 Å². The lowest BCUT2D eigenvalue weighted by Crippen LogP contribution is -2.36. The second-order valence-corrected chi connectivity index (χ2v) is 7.46. The van der Waals surface area contributed by atoms with Crippen LogP contribution in [0.15, 0.2) is 22.7 Å². The molecule has 8 heteroatoms. The quantitative estimate of drug-likeness (QED) is 0.801. The van der Waals surface area contributed by atoms with Gasteiger partial charge in [-0.25, -0.2) is 8.78 Å². The molecule has 3 rings (SSSR count). The molecule has 1 N–H and O–H groups in total. The predicted octanol–water partition coefficient (Wildman–Crippen LogP) is 3.20. The molecule has 29 heavy (non-hydrogen) atoms. The minimum Gasteiger partial charge on any atom is -0.361 e. The number of benzene rings is 1. The van der Waals surface area contributed by atoms with E-state index < -0.39 is 11.6 Å². The average Bonchev–Trinajstić information content (AvgIpc) is 2.90. The first-order chi connectivity index (χ1) is 13.8. The molecule has 0 aliphatic carbocycles. The summed E-state index contributed by atoms with van der Waals surface area (Å²) in [5.41, 5.74) is 2.27. The molecule has 2 aromatic rings. The van der Waals surface area contributed by atoms with Crippen molar-refractivity contribution in [3.05, 3.63) is 52.4 Å². The fourth-order valence-corrected chi connectivity index (χ4v) is 3.52. The third-order valence-electron chi connectivity index (χ3n) is 5.33. The van der Waals surface area contributed by atoms with E-state index in [-0.39, 0.29) is 24.3 Å². The van der Waals surface area contributed by atoms with Crippen LogP contribution in [0.25, 0.3) is 0 Å². The van der Waals surface area contributed by atoms with Crippen LogP contribution in [0.4, 0.5) is 8.78 Å². The van der Waals surface area contributed by atoms with E-state index in [1.54, 1.807) is 4.90 Å². The van der Waals surface area contributed by atoms with E-state index in [0.717, 1.165) is 23.4 Å².